The topological polar surface area (TPSA) is 61.9 Å². The van der Waals surface area contributed by atoms with E-state index in [1.54, 1.807) is 37.1 Å². The van der Waals surface area contributed by atoms with Gasteiger partial charge in [0.1, 0.15) is 5.60 Å². The van der Waals surface area contributed by atoms with Crippen LogP contribution in [0.2, 0.25) is 0 Å². The van der Waals surface area contributed by atoms with Crippen LogP contribution < -0.4 is 5.32 Å². The third-order valence-corrected chi connectivity index (χ3v) is 7.21. The van der Waals surface area contributed by atoms with Gasteiger partial charge in [-0.15, -0.1) is 11.3 Å². The summed E-state index contributed by atoms with van der Waals surface area (Å²) >= 11 is 1.37. The molecule has 0 saturated heterocycles. The van der Waals surface area contributed by atoms with Crippen molar-refractivity contribution in [2.45, 2.75) is 99.0 Å². The highest BCUT2D eigenvalue weighted by Gasteiger charge is 2.32. The van der Waals surface area contributed by atoms with Crippen molar-refractivity contribution in [1.29, 1.82) is 0 Å². The number of thiophene rings is 1. The predicted molar refractivity (Wildman–Crippen MR) is 156 cm³/mol. The van der Waals surface area contributed by atoms with Crippen molar-refractivity contribution in [1.82, 2.24) is 9.80 Å². The van der Waals surface area contributed by atoms with Gasteiger partial charge in [-0.25, -0.2) is 4.79 Å². The van der Waals surface area contributed by atoms with Gasteiger partial charge in [-0.05, 0) is 82.4 Å². The summed E-state index contributed by atoms with van der Waals surface area (Å²) in [5.74, 6) is -0.449. The van der Waals surface area contributed by atoms with Gasteiger partial charge in [-0.2, -0.15) is 13.2 Å². The molecule has 0 unspecified atom stereocenters. The number of unbranched alkanes of at least 4 members (excludes halogenated alkanes) is 1. The first-order valence-corrected chi connectivity index (χ1v) is 15.0. The van der Waals surface area contributed by atoms with Crippen LogP contribution in [0.25, 0.3) is 0 Å². The molecule has 2 amide bonds. The van der Waals surface area contributed by atoms with Gasteiger partial charge in [0.2, 0.25) is 0 Å². The van der Waals surface area contributed by atoms with Crippen molar-refractivity contribution in [3.05, 3.63) is 50.7 Å². The summed E-state index contributed by atoms with van der Waals surface area (Å²) in [6.07, 6.45) is -1.59. The second-order valence-electron chi connectivity index (χ2n) is 10.7. The first-order valence-electron chi connectivity index (χ1n) is 14.1. The van der Waals surface area contributed by atoms with Crippen molar-refractivity contribution < 1.29 is 27.5 Å². The summed E-state index contributed by atoms with van der Waals surface area (Å²) in [6, 6.07) is 3.79. The average Bonchev–Trinajstić information content (AvgIpc) is 3.30. The Hall–Kier alpha value is -2.59. The molecule has 6 nitrogen and oxygen atoms in total. The number of ether oxygens (including phenoxy) is 1. The van der Waals surface area contributed by atoms with E-state index in [2.05, 4.69) is 17.1 Å². The number of nitrogens with zero attached hydrogens (tertiary/aromatic N) is 2. The Morgan fingerprint density at radius 3 is 2.38 bits per heavy atom. The minimum Gasteiger partial charge on any atom is -0.444 e. The number of alkyl halides is 3. The number of rotatable bonds is 9. The third-order valence-electron chi connectivity index (χ3n) is 6.20. The molecule has 0 radical (unpaired) electrons. The number of halogens is 3. The molecule has 1 aliphatic heterocycles. The SMILES string of the molecule is CC.CCCCN(CCC)Cc1cc(NC(=O)c2csc3c2CCN(C(=O)OC(C)(C)C)C3)cc(C(F)(F)F)c1. The van der Waals surface area contributed by atoms with Gasteiger partial charge < -0.3 is 15.0 Å². The van der Waals surface area contributed by atoms with Gasteiger partial charge in [0, 0.05) is 29.0 Å². The van der Waals surface area contributed by atoms with Crippen LogP contribution in [-0.2, 0) is 30.4 Å². The molecule has 2 aromatic rings. The first-order chi connectivity index (χ1) is 18.8. The lowest BCUT2D eigenvalue weighted by Crippen LogP contribution is -2.39. The van der Waals surface area contributed by atoms with E-state index in [0.717, 1.165) is 48.9 Å². The van der Waals surface area contributed by atoms with Crippen molar-refractivity contribution in [2.75, 3.05) is 25.0 Å². The van der Waals surface area contributed by atoms with Crippen LogP contribution in [0.1, 0.15) is 99.7 Å². The van der Waals surface area contributed by atoms with Crippen LogP contribution in [0.4, 0.5) is 23.7 Å². The zero-order valence-electron chi connectivity index (χ0n) is 24.8. The highest BCUT2D eigenvalue weighted by atomic mass is 32.1. The number of nitrogens with one attached hydrogen (secondary N) is 1. The van der Waals surface area contributed by atoms with Crippen LogP contribution in [0.15, 0.2) is 23.6 Å². The summed E-state index contributed by atoms with van der Waals surface area (Å²) < 4.78 is 46.6. The molecule has 1 aromatic heterocycles. The molecule has 3 rings (SSSR count). The van der Waals surface area contributed by atoms with Crippen LogP contribution in [0.5, 0.6) is 0 Å². The van der Waals surface area contributed by atoms with Crippen LogP contribution in [0.3, 0.4) is 0 Å². The lowest BCUT2D eigenvalue weighted by Gasteiger charge is -2.30. The zero-order valence-corrected chi connectivity index (χ0v) is 25.7. The largest absolute Gasteiger partial charge is 0.444 e. The summed E-state index contributed by atoms with van der Waals surface area (Å²) in [6.45, 7) is 16.3. The second-order valence-corrected chi connectivity index (χ2v) is 11.7. The van der Waals surface area contributed by atoms with Crippen molar-refractivity contribution >= 4 is 29.0 Å². The minimum absolute atomic E-state index is 0.123. The Labute approximate surface area is 240 Å². The Balaban J connectivity index is 0.00000274. The number of carbonyl (C=O) groups is 2. The second kappa shape index (κ2) is 14.9. The quantitative estimate of drug-likeness (QED) is 0.322. The van der Waals surface area contributed by atoms with Crippen LogP contribution in [0, 0.1) is 0 Å². The smallest absolute Gasteiger partial charge is 0.416 e. The van der Waals surface area contributed by atoms with Gasteiger partial charge in [0.25, 0.3) is 5.91 Å². The molecule has 0 fully saturated rings. The molecule has 224 valence electrons. The number of carbonyl (C=O) groups excluding carboxylic acids is 2. The van der Waals surface area contributed by atoms with E-state index < -0.39 is 29.3 Å². The number of benzene rings is 1. The van der Waals surface area contributed by atoms with Crippen LogP contribution >= 0.6 is 11.3 Å². The fourth-order valence-corrected chi connectivity index (χ4v) is 5.54. The molecular formula is C30H44F3N3O3S. The lowest BCUT2D eigenvalue weighted by atomic mass is 10.0. The fraction of sp³-hybridized carbons (Fsp3) is 0.600. The number of hydrogen-bond acceptors (Lipinski definition) is 5. The molecule has 0 saturated carbocycles. The molecule has 0 spiro atoms. The van der Waals surface area contributed by atoms with E-state index in [0.29, 0.717) is 37.2 Å². The van der Waals surface area contributed by atoms with E-state index in [-0.39, 0.29) is 5.69 Å². The first kappa shape index (κ1) is 33.6. The maximum absolute atomic E-state index is 13.7. The van der Waals surface area contributed by atoms with E-state index in [1.807, 2.05) is 20.8 Å². The third kappa shape index (κ3) is 9.80. The van der Waals surface area contributed by atoms with Gasteiger partial charge in [0.15, 0.2) is 0 Å². The number of anilines is 1. The molecule has 10 heteroatoms. The fourth-order valence-electron chi connectivity index (χ4n) is 4.44. The Kier molecular flexibility index (Phi) is 12.5. The summed E-state index contributed by atoms with van der Waals surface area (Å²) in [7, 11) is 0. The number of amides is 2. The average molecular weight is 584 g/mol. The molecule has 40 heavy (non-hydrogen) atoms. The standard InChI is InChI=1S/C28H38F3N3O3S.C2H6/c1-6-8-11-33(10-7-2)16-19-13-20(28(29,30)31)15-21(14-19)32-25(35)23-18-38-24-17-34(12-9-22(23)24)26(36)37-27(3,4)5;1-2/h13-15,18H,6-12,16-17H2,1-5H3,(H,32,35);1-2H3. The molecule has 1 N–H and O–H groups in total. The van der Waals surface area contributed by atoms with Crippen molar-refractivity contribution in [3.63, 3.8) is 0 Å². The molecule has 0 atom stereocenters. The summed E-state index contributed by atoms with van der Waals surface area (Å²) in [4.78, 5) is 30.3. The Morgan fingerprint density at radius 1 is 1.07 bits per heavy atom. The summed E-state index contributed by atoms with van der Waals surface area (Å²) in [5, 5.41) is 4.41. The van der Waals surface area contributed by atoms with Gasteiger partial charge in [-0.3, -0.25) is 9.69 Å². The number of hydrogen-bond donors (Lipinski definition) is 1. The van der Waals surface area contributed by atoms with E-state index in [4.69, 9.17) is 4.74 Å². The van der Waals surface area contributed by atoms with Gasteiger partial charge >= 0.3 is 12.3 Å². The molecule has 0 bridgehead atoms. The minimum atomic E-state index is -4.53. The van der Waals surface area contributed by atoms with Crippen LogP contribution in [-0.4, -0.2) is 47.0 Å². The normalized spacial score (nSPS) is 13.4. The molecular weight excluding hydrogens is 539 g/mol. The Bertz CT molecular complexity index is 1130. The monoisotopic (exact) mass is 583 g/mol. The molecule has 1 aromatic carbocycles. The summed E-state index contributed by atoms with van der Waals surface area (Å²) in [5.41, 5.74) is 0.512. The molecule has 0 aliphatic carbocycles. The van der Waals surface area contributed by atoms with E-state index in [1.165, 1.54) is 17.4 Å². The van der Waals surface area contributed by atoms with Gasteiger partial charge in [-0.1, -0.05) is 34.1 Å². The predicted octanol–water partition coefficient (Wildman–Crippen LogP) is 8.35. The Morgan fingerprint density at radius 2 is 1.77 bits per heavy atom. The highest BCUT2D eigenvalue weighted by Crippen LogP contribution is 2.34. The maximum atomic E-state index is 13.7. The molecule has 2 heterocycles. The van der Waals surface area contributed by atoms with Crippen molar-refractivity contribution in [3.8, 4) is 0 Å². The van der Waals surface area contributed by atoms with E-state index >= 15 is 0 Å². The maximum Gasteiger partial charge on any atom is 0.416 e. The highest BCUT2D eigenvalue weighted by molar-refractivity contribution is 7.10. The van der Waals surface area contributed by atoms with Gasteiger partial charge in [0.05, 0.1) is 17.7 Å². The number of fused-ring (bicyclic) bond motifs is 1. The lowest BCUT2D eigenvalue weighted by molar-refractivity contribution is -0.137. The molecule has 1 aliphatic rings. The zero-order chi connectivity index (χ0) is 30.1. The van der Waals surface area contributed by atoms with Crippen molar-refractivity contribution in [2.24, 2.45) is 0 Å². The van der Waals surface area contributed by atoms with E-state index in [9.17, 15) is 22.8 Å².